The fraction of sp³-hybridized carbons (Fsp3) is 0.500. The molecule has 1 atom stereocenters. The summed E-state index contributed by atoms with van der Waals surface area (Å²) in [6, 6.07) is -0.639. The monoisotopic (exact) mass is 184 g/mol. The first kappa shape index (κ1) is 9.73. The molecular formula is C8H12N2O3. The topological polar surface area (TPSA) is 78.4 Å². The number of aromatic nitrogens is 1. The van der Waals surface area contributed by atoms with E-state index in [9.17, 15) is 4.79 Å². The van der Waals surface area contributed by atoms with Crippen LogP contribution in [0.15, 0.2) is 17.0 Å². The van der Waals surface area contributed by atoms with Crippen LogP contribution in [0.5, 0.6) is 0 Å². The average Bonchev–Trinajstić information content (AvgIpc) is 2.57. The van der Waals surface area contributed by atoms with Crippen LogP contribution < -0.4 is 5.73 Å². The third-order valence-electron chi connectivity index (χ3n) is 1.53. The summed E-state index contributed by atoms with van der Waals surface area (Å²) in [6.07, 6.45) is 3.38. The van der Waals surface area contributed by atoms with Gasteiger partial charge in [0.05, 0.1) is 12.8 Å². The predicted molar refractivity (Wildman–Crippen MR) is 44.8 cm³/mol. The second kappa shape index (κ2) is 4.61. The summed E-state index contributed by atoms with van der Waals surface area (Å²) in [5.41, 5.74) is 6.34. The molecule has 0 aliphatic carbocycles. The van der Waals surface area contributed by atoms with Crippen molar-refractivity contribution in [3.05, 3.63) is 18.0 Å². The van der Waals surface area contributed by atoms with Crippen molar-refractivity contribution in [3.8, 4) is 0 Å². The summed E-state index contributed by atoms with van der Waals surface area (Å²) >= 11 is 0. The molecule has 0 spiro atoms. The van der Waals surface area contributed by atoms with Crippen molar-refractivity contribution in [2.75, 3.05) is 6.61 Å². The molecule has 0 bridgehead atoms. The Hall–Kier alpha value is -1.36. The Morgan fingerprint density at radius 1 is 1.85 bits per heavy atom. The third kappa shape index (κ3) is 2.87. The number of nitrogens with zero attached hydrogens (tertiary/aromatic N) is 1. The molecule has 13 heavy (non-hydrogen) atoms. The van der Waals surface area contributed by atoms with Gasteiger partial charge in [0.2, 0.25) is 0 Å². The Kier molecular flexibility index (Phi) is 3.45. The number of ether oxygens (including phenoxy) is 1. The van der Waals surface area contributed by atoms with Crippen molar-refractivity contribution in [3.63, 3.8) is 0 Å². The molecule has 0 fully saturated rings. The first-order chi connectivity index (χ1) is 6.24. The van der Waals surface area contributed by atoms with Crippen molar-refractivity contribution in [1.82, 2.24) is 5.16 Å². The highest BCUT2D eigenvalue weighted by Crippen LogP contribution is 2.01. The lowest BCUT2D eigenvalue weighted by atomic mass is 10.1. The Morgan fingerprint density at radius 3 is 3.15 bits per heavy atom. The highest BCUT2D eigenvalue weighted by atomic mass is 16.5. The van der Waals surface area contributed by atoms with Gasteiger partial charge in [0, 0.05) is 12.0 Å². The molecule has 5 heteroatoms. The number of hydrogen-bond acceptors (Lipinski definition) is 5. The fourth-order valence-electron chi connectivity index (χ4n) is 0.914. The molecule has 0 aliphatic rings. The van der Waals surface area contributed by atoms with Crippen LogP contribution in [0.4, 0.5) is 0 Å². The van der Waals surface area contributed by atoms with Gasteiger partial charge in [-0.15, -0.1) is 0 Å². The highest BCUT2D eigenvalue weighted by Gasteiger charge is 2.15. The van der Waals surface area contributed by atoms with Crippen molar-refractivity contribution < 1.29 is 14.1 Å². The van der Waals surface area contributed by atoms with Crippen LogP contribution in [-0.2, 0) is 16.0 Å². The van der Waals surface area contributed by atoms with Crippen molar-refractivity contribution in [2.24, 2.45) is 5.73 Å². The van der Waals surface area contributed by atoms with E-state index >= 15 is 0 Å². The Balaban J connectivity index is 2.41. The summed E-state index contributed by atoms with van der Waals surface area (Å²) in [7, 11) is 0. The predicted octanol–water partition coefficient (Wildman–Crippen LogP) is 0.107. The second-order valence-electron chi connectivity index (χ2n) is 2.60. The zero-order valence-electron chi connectivity index (χ0n) is 7.40. The molecule has 0 saturated heterocycles. The minimum absolute atomic E-state index is 0.343. The van der Waals surface area contributed by atoms with E-state index in [0.717, 1.165) is 5.56 Å². The molecule has 2 N–H and O–H groups in total. The van der Waals surface area contributed by atoms with Gasteiger partial charge in [-0.1, -0.05) is 5.16 Å². The third-order valence-corrected chi connectivity index (χ3v) is 1.53. The minimum atomic E-state index is -0.639. The summed E-state index contributed by atoms with van der Waals surface area (Å²) in [4.78, 5) is 11.1. The maximum atomic E-state index is 11.1. The lowest BCUT2D eigenvalue weighted by Gasteiger charge is -2.07. The number of hydrogen-bond donors (Lipinski definition) is 1. The molecule has 1 aromatic rings. The second-order valence-corrected chi connectivity index (χ2v) is 2.60. The zero-order valence-corrected chi connectivity index (χ0v) is 7.40. The van der Waals surface area contributed by atoms with Crippen molar-refractivity contribution in [2.45, 2.75) is 19.4 Å². The van der Waals surface area contributed by atoms with Crippen molar-refractivity contribution >= 4 is 5.97 Å². The van der Waals surface area contributed by atoms with Crippen LogP contribution in [0.2, 0.25) is 0 Å². The molecule has 1 rings (SSSR count). The molecule has 0 amide bonds. The van der Waals surface area contributed by atoms with E-state index in [1.54, 1.807) is 6.92 Å². The van der Waals surface area contributed by atoms with E-state index in [0.29, 0.717) is 13.0 Å². The van der Waals surface area contributed by atoms with Gasteiger partial charge in [0.1, 0.15) is 12.3 Å². The maximum Gasteiger partial charge on any atom is 0.323 e. The first-order valence-electron chi connectivity index (χ1n) is 4.04. The van der Waals surface area contributed by atoms with Gasteiger partial charge in [-0.3, -0.25) is 4.79 Å². The van der Waals surface area contributed by atoms with Gasteiger partial charge in [-0.2, -0.15) is 0 Å². The van der Waals surface area contributed by atoms with E-state index in [1.807, 2.05) is 0 Å². The molecular weight excluding hydrogens is 172 g/mol. The zero-order chi connectivity index (χ0) is 9.68. The molecule has 1 aromatic heterocycles. The molecule has 1 heterocycles. The van der Waals surface area contributed by atoms with Gasteiger partial charge < -0.3 is 15.0 Å². The lowest BCUT2D eigenvalue weighted by Crippen LogP contribution is -2.34. The van der Waals surface area contributed by atoms with Gasteiger partial charge in [0.15, 0.2) is 0 Å². The molecule has 1 unspecified atom stereocenters. The molecule has 0 saturated carbocycles. The minimum Gasteiger partial charge on any atom is -0.465 e. The van der Waals surface area contributed by atoms with Gasteiger partial charge >= 0.3 is 5.97 Å². The quantitative estimate of drug-likeness (QED) is 0.672. The number of esters is 1. The average molecular weight is 184 g/mol. The highest BCUT2D eigenvalue weighted by molar-refractivity contribution is 5.75. The molecule has 0 radical (unpaired) electrons. The van der Waals surface area contributed by atoms with Crippen molar-refractivity contribution in [1.29, 1.82) is 0 Å². The van der Waals surface area contributed by atoms with Crippen LogP contribution >= 0.6 is 0 Å². The maximum absolute atomic E-state index is 11.1. The lowest BCUT2D eigenvalue weighted by molar-refractivity contribution is -0.144. The van der Waals surface area contributed by atoms with Crippen LogP contribution in [0, 0.1) is 0 Å². The largest absolute Gasteiger partial charge is 0.465 e. The summed E-state index contributed by atoms with van der Waals surface area (Å²) < 4.78 is 9.33. The van der Waals surface area contributed by atoms with Gasteiger partial charge in [-0.25, -0.2) is 0 Å². The van der Waals surface area contributed by atoms with Crippen LogP contribution in [0.1, 0.15) is 12.5 Å². The van der Waals surface area contributed by atoms with E-state index in [1.165, 1.54) is 12.5 Å². The molecule has 5 nitrogen and oxygen atoms in total. The number of rotatable bonds is 4. The first-order valence-corrected chi connectivity index (χ1v) is 4.04. The van der Waals surface area contributed by atoms with E-state index < -0.39 is 12.0 Å². The standard InChI is InChI=1S/C8H12N2O3/c1-2-12-8(11)7(9)3-6-4-10-13-5-6/h4-5,7H,2-3,9H2,1H3. The number of carbonyl (C=O) groups excluding carboxylic acids is 1. The number of nitrogens with two attached hydrogens (primary N) is 1. The number of carbonyl (C=O) groups is 1. The summed E-state index contributed by atoms with van der Waals surface area (Å²) in [6.45, 7) is 2.08. The molecule has 0 aromatic carbocycles. The van der Waals surface area contributed by atoms with E-state index in [4.69, 9.17) is 10.5 Å². The van der Waals surface area contributed by atoms with E-state index in [2.05, 4.69) is 9.68 Å². The Morgan fingerprint density at radius 2 is 2.62 bits per heavy atom. The Bertz CT molecular complexity index is 258. The van der Waals surface area contributed by atoms with Crippen LogP contribution in [-0.4, -0.2) is 23.8 Å². The van der Waals surface area contributed by atoms with Crippen LogP contribution in [0.3, 0.4) is 0 Å². The normalized spacial score (nSPS) is 12.5. The smallest absolute Gasteiger partial charge is 0.323 e. The fourth-order valence-corrected chi connectivity index (χ4v) is 0.914. The van der Waals surface area contributed by atoms with Gasteiger partial charge in [0.25, 0.3) is 0 Å². The van der Waals surface area contributed by atoms with E-state index in [-0.39, 0.29) is 0 Å². The summed E-state index contributed by atoms with van der Waals surface area (Å²) in [5, 5.41) is 3.50. The molecule has 0 aliphatic heterocycles. The Labute approximate surface area is 75.8 Å². The summed E-state index contributed by atoms with van der Waals surface area (Å²) in [5.74, 6) is -0.399. The SMILES string of the molecule is CCOC(=O)C(N)Cc1cnoc1. The van der Waals surface area contributed by atoms with Crippen LogP contribution in [0.25, 0.3) is 0 Å². The molecule has 72 valence electrons. The van der Waals surface area contributed by atoms with Gasteiger partial charge in [-0.05, 0) is 6.92 Å².